The summed E-state index contributed by atoms with van der Waals surface area (Å²) < 4.78 is 19.0. The third-order valence-electron chi connectivity index (χ3n) is 8.14. The molecular formula is C32H34O4. The van der Waals surface area contributed by atoms with Crippen molar-refractivity contribution in [3.05, 3.63) is 95.6 Å². The maximum Gasteiger partial charge on any atom is 0.150 e. The fraction of sp³-hybridized carbons (Fsp3) is 0.375. The number of para-hydroxylation sites is 2. The van der Waals surface area contributed by atoms with Gasteiger partial charge in [-0.2, -0.15) is 0 Å². The maximum absolute atomic E-state index is 10.7. The molecule has 36 heavy (non-hydrogen) atoms. The minimum Gasteiger partial charge on any atom is -0.496 e. The summed E-state index contributed by atoms with van der Waals surface area (Å²) in [5.74, 6) is 8.87. The van der Waals surface area contributed by atoms with Crippen LogP contribution >= 0.6 is 0 Å². The van der Waals surface area contributed by atoms with E-state index in [1.165, 1.54) is 0 Å². The van der Waals surface area contributed by atoms with Gasteiger partial charge < -0.3 is 19.3 Å². The van der Waals surface area contributed by atoms with E-state index in [0.717, 1.165) is 53.9 Å². The van der Waals surface area contributed by atoms with Crippen LogP contribution in [0, 0.1) is 29.1 Å². The highest BCUT2D eigenvalue weighted by Gasteiger charge is 2.63. The van der Waals surface area contributed by atoms with Crippen molar-refractivity contribution in [1.29, 1.82) is 0 Å². The SMILES string of the molecule is COc1ccccc1C(OCC1(CO)C2CCC#CCCC21)(c1ccccc1)c1ccccc1OC. The number of rotatable bonds is 9. The van der Waals surface area contributed by atoms with Gasteiger partial charge >= 0.3 is 0 Å². The lowest BCUT2D eigenvalue weighted by molar-refractivity contribution is -0.0361. The van der Waals surface area contributed by atoms with E-state index in [-0.39, 0.29) is 12.0 Å². The van der Waals surface area contributed by atoms with E-state index in [9.17, 15) is 5.11 Å². The van der Waals surface area contributed by atoms with Crippen LogP contribution in [0.5, 0.6) is 11.5 Å². The number of hydrogen-bond donors (Lipinski definition) is 1. The van der Waals surface area contributed by atoms with Crippen LogP contribution in [-0.2, 0) is 10.3 Å². The lowest BCUT2D eigenvalue weighted by Gasteiger charge is -2.38. The normalized spacial score (nSPS) is 22.9. The maximum atomic E-state index is 10.7. The summed E-state index contributed by atoms with van der Waals surface area (Å²) in [7, 11) is 3.38. The van der Waals surface area contributed by atoms with E-state index in [1.54, 1.807) is 14.2 Å². The fourth-order valence-corrected chi connectivity index (χ4v) is 6.26. The van der Waals surface area contributed by atoms with Gasteiger partial charge in [-0.1, -0.05) is 66.7 Å². The topological polar surface area (TPSA) is 47.9 Å². The van der Waals surface area contributed by atoms with Gasteiger partial charge in [0.25, 0.3) is 0 Å². The van der Waals surface area contributed by atoms with Crippen LogP contribution in [0.4, 0.5) is 0 Å². The van der Waals surface area contributed by atoms with E-state index in [4.69, 9.17) is 14.2 Å². The van der Waals surface area contributed by atoms with Crippen molar-refractivity contribution in [2.24, 2.45) is 17.3 Å². The monoisotopic (exact) mass is 482 g/mol. The summed E-state index contributed by atoms with van der Waals surface area (Å²) in [5.41, 5.74) is 1.50. The van der Waals surface area contributed by atoms with Crippen molar-refractivity contribution < 1.29 is 19.3 Å². The van der Waals surface area contributed by atoms with Crippen LogP contribution in [0.25, 0.3) is 0 Å². The standard InChI is InChI=1S/C32H34O4/c1-34-29-20-12-10-18-27(29)32(24-14-6-5-7-15-24,28-19-11-13-21-30(28)35-2)36-23-31(22-33)25-16-8-3-4-9-17-26(25)31/h5-7,10-15,18-21,25-26,33H,8-9,16-17,22-23H2,1-2H3. The molecule has 2 unspecified atom stereocenters. The summed E-state index contributed by atoms with van der Waals surface area (Å²) in [6.45, 7) is 0.523. The summed E-state index contributed by atoms with van der Waals surface area (Å²) in [5, 5.41) is 10.7. The van der Waals surface area contributed by atoms with E-state index >= 15 is 0 Å². The first-order valence-electron chi connectivity index (χ1n) is 12.7. The molecule has 1 saturated carbocycles. The molecule has 0 aliphatic heterocycles. The van der Waals surface area contributed by atoms with Crippen molar-refractivity contribution in [3.8, 4) is 23.3 Å². The first-order chi connectivity index (χ1) is 17.7. The highest BCUT2D eigenvalue weighted by molar-refractivity contribution is 5.56. The third-order valence-corrected chi connectivity index (χ3v) is 8.14. The van der Waals surface area contributed by atoms with Crippen LogP contribution in [0.3, 0.4) is 0 Å². The van der Waals surface area contributed by atoms with Crippen molar-refractivity contribution in [1.82, 2.24) is 0 Å². The lowest BCUT2D eigenvalue weighted by Crippen LogP contribution is -2.37. The van der Waals surface area contributed by atoms with Crippen LogP contribution < -0.4 is 9.47 Å². The fourth-order valence-electron chi connectivity index (χ4n) is 6.26. The number of methoxy groups -OCH3 is 2. The molecule has 2 aliphatic rings. The zero-order chi connectivity index (χ0) is 25.0. The third kappa shape index (κ3) is 4.07. The predicted molar refractivity (Wildman–Crippen MR) is 141 cm³/mol. The molecule has 1 fully saturated rings. The van der Waals surface area contributed by atoms with Crippen molar-refractivity contribution >= 4 is 0 Å². The van der Waals surface area contributed by atoms with Crippen molar-refractivity contribution in [2.75, 3.05) is 27.4 Å². The van der Waals surface area contributed by atoms with Gasteiger partial charge in [-0.05, 0) is 42.4 Å². The van der Waals surface area contributed by atoms with E-state index < -0.39 is 5.60 Å². The minimum atomic E-state index is -1.00. The molecule has 4 heteroatoms. The lowest BCUT2D eigenvalue weighted by atomic mass is 9.78. The Morgan fingerprint density at radius 3 is 1.78 bits per heavy atom. The Labute approximate surface area is 214 Å². The molecule has 2 atom stereocenters. The molecule has 3 aromatic rings. The van der Waals surface area contributed by atoms with E-state index in [2.05, 4.69) is 36.1 Å². The molecule has 186 valence electrons. The zero-order valence-electron chi connectivity index (χ0n) is 21.1. The van der Waals surface area contributed by atoms with Crippen molar-refractivity contribution in [3.63, 3.8) is 0 Å². The molecule has 5 rings (SSSR count). The molecule has 0 bridgehead atoms. The Morgan fingerprint density at radius 1 is 0.778 bits per heavy atom. The molecule has 2 aliphatic carbocycles. The van der Waals surface area contributed by atoms with Gasteiger partial charge in [0.15, 0.2) is 5.60 Å². The van der Waals surface area contributed by atoms with Gasteiger partial charge in [0.2, 0.25) is 0 Å². The number of hydrogen-bond acceptors (Lipinski definition) is 4. The largest absolute Gasteiger partial charge is 0.496 e. The second-order valence-corrected chi connectivity index (χ2v) is 9.77. The van der Waals surface area contributed by atoms with Crippen LogP contribution in [0.2, 0.25) is 0 Å². The van der Waals surface area contributed by atoms with Gasteiger partial charge in [-0.15, -0.1) is 11.8 Å². The average Bonchev–Trinajstić information content (AvgIpc) is 3.53. The number of ether oxygens (including phenoxy) is 3. The highest BCUT2D eigenvalue weighted by Crippen LogP contribution is 2.64. The summed E-state index contributed by atoms with van der Waals surface area (Å²) in [6.07, 6.45) is 3.77. The molecule has 0 spiro atoms. The summed E-state index contributed by atoms with van der Waals surface area (Å²) in [4.78, 5) is 0. The van der Waals surface area contributed by atoms with Crippen LogP contribution in [0.1, 0.15) is 42.4 Å². The first-order valence-corrected chi connectivity index (χ1v) is 12.7. The van der Waals surface area contributed by atoms with Crippen LogP contribution in [-0.4, -0.2) is 32.5 Å². The molecule has 1 N–H and O–H groups in total. The Kier molecular flexibility index (Phi) is 7.05. The molecular weight excluding hydrogens is 448 g/mol. The predicted octanol–water partition coefficient (Wildman–Crippen LogP) is 5.81. The van der Waals surface area contributed by atoms with E-state index in [1.807, 2.05) is 54.6 Å². The van der Waals surface area contributed by atoms with Crippen LogP contribution in [0.15, 0.2) is 78.9 Å². The van der Waals surface area contributed by atoms with Gasteiger partial charge in [0.1, 0.15) is 11.5 Å². The Balaban J connectivity index is 1.68. The molecule has 0 amide bonds. The van der Waals surface area contributed by atoms with Gasteiger partial charge in [0, 0.05) is 29.4 Å². The second kappa shape index (κ2) is 10.4. The number of aliphatic hydroxyl groups is 1. The smallest absolute Gasteiger partial charge is 0.150 e. The molecule has 0 radical (unpaired) electrons. The zero-order valence-corrected chi connectivity index (χ0v) is 21.1. The number of aliphatic hydroxyl groups excluding tert-OH is 1. The summed E-state index contributed by atoms with van der Waals surface area (Å²) >= 11 is 0. The Hall–Kier alpha value is -3.26. The quantitative estimate of drug-likeness (QED) is 0.309. The van der Waals surface area contributed by atoms with Gasteiger partial charge in [0.05, 0.1) is 27.4 Å². The molecule has 0 aromatic heterocycles. The number of fused-ring (bicyclic) bond motifs is 1. The number of benzene rings is 3. The molecule has 0 heterocycles. The Bertz CT molecular complexity index is 1170. The minimum absolute atomic E-state index is 0.102. The van der Waals surface area contributed by atoms with E-state index in [0.29, 0.717) is 18.4 Å². The second-order valence-electron chi connectivity index (χ2n) is 9.77. The highest BCUT2D eigenvalue weighted by atomic mass is 16.5. The summed E-state index contributed by atoms with van der Waals surface area (Å²) in [6, 6.07) is 26.3. The average molecular weight is 483 g/mol. The van der Waals surface area contributed by atoms with Crippen molar-refractivity contribution in [2.45, 2.75) is 31.3 Å². The molecule has 0 saturated heterocycles. The van der Waals surface area contributed by atoms with Gasteiger partial charge in [-0.25, -0.2) is 0 Å². The van der Waals surface area contributed by atoms with Gasteiger partial charge in [-0.3, -0.25) is 0 Å². The Morgan fingerprint density at radius 2 is 1.28 bits per heavy atom. The first kappa shape index (κ1) is 24.4. The molecule has 4 nitrogen and oxygen atoms in total. The molecule has 3 aromatic carbocycles.